The van der Waals surface area contributed by atoms with Crippen molar-refractivity contribution < 1.29 is 9.21 Å². The fraction of sp³-hybridized carbons (Fsp3) is 0.200. The van der Waals surface area contributed by atoms with Crippen molar-refractivity contribution in [1.29, 1.82) is 0 Å². The topological polar surface area (TPSA) is 60.1 Å². The molecule has 0 atom stereocenters. The third-order valence-corrected chi connectivity index (χ3v) is 2.69. The molecule has 0 bridgehead atoms. The van der Waals surface area contributed by atoms with E-state index < -0.39 is 0 Å². The van der Waals surface area contributed by atoms with Crippen molar-refractivity contribution >= 4 is 21.8 Å². The molecule has 0 aliphatic rings. The SMILES string of the molecule is O=C(NCCn1ccnc1)c1ccoc1Br. The van der Waals surface area contributed by atoms with Crippen LogP contribution in [0, 0.1) is 0 Å². The summed E-state index contributed by atoms with van der Waals surface area (Å²) in [5.74, 6) is -0.152. The van der Waals surface area contributed by atoms with Crippen molar-refractivity contribution in [2.45, 2.75) is 6.54 Å². The van der Waals surface area contributed by atoms with Crippen LogP contribution in [0.1, 0.15) is 10.4 Å². The highest BCUT2D eigenvalue weighted by atomic mass is 79.9. The van der Waals surface area contributed by atoms with Crippen molar-refractivity contribution in [3.05, 3.63) is 41.3 Å². The summed E-state index contributed by atoms with van der Waals surface area (Å²) in [6.45, 7) is 1.24. The van der Waals surface area contributed by atoms with Gasteiger partial charge in [0.1, 0.15) is 0 Å². The van der Waals surface area contributed by atoms with Gasteiger partial charge in [-0.25, -0.2) is 4.98 Å². The molecule has 0 unspecified atom stereocenters. The summed E-state index contributed by atoms with van der Waals surface area (Å²) < 4.78 is 7.32. The lowest BCUT2D eigenvalue weighted by Crippen LogP contribution is -2.26. The van der Waals surface area contributed by atoms with Crippen LogP contribution in [-0.2, 0) is 6.54 Å². The van der Waals surface area contributed by atoms with Gasteiger partial charge in [-0.15, -0.1) is 0 Å². The Bertz CT molecular complexity index is 464. The molecule has 1 amide bonds. The van der Waals surface area contributed by atoms with Gasteiger partial charge in [-0.3, -0.25) is 4.79 Å². The molecular weight excluding hydrogens is 274 g/mol. The normalized spacial score (nSPS) is 10.3. The van der Waals surface area contributed by atoms with E-state index in [0.717, 1.165) is 0 Å². The fourth-order valence-corrected chi connectivity index (χ4v) is 1.69. The average Bonchev–Trinajstić information content (AvgIpc) is 2.88. The molecule has 2 aromatic heterocycles. The largest absolute Gasteiger partial charge is 0.457 e. The summed E-state index contributed by atoms with van der Waals surface area (Å²) in [5.41, 5.74) is 0.505. The monoisotopic (exact) mass is 283 g/mol. The second kappa shape index (κ2) is 4.98. The van der Waals surface area contributed by atoms with Gasteiger partial charge in [0, 0.05) is 25.5 Å². The molecule has 0 radical (unpaired) electrons. The lowest BCUT2D eigenvalue weighted by atomic mass is 10.3. The summed E-state index contributed by atoms with van der Waals surface area (Å²) in [6.07, 6.45) is 6.73. The zero-order valence-corrected chi connectivity index (χ0v) is 9.98. The molecule has 0 aliphatic carbocycles. The molecule has 5 nitrogen and oxygen atoms in total. The molecule has 2 heterocycles. The predicted molar refractivity (Wildman–Crippen MR) is 61.0 cm³/mol. The predicted octanol–water partition coefficient (Wildman–Crippen LogP) is 1.67. The van der Waals surface area contributed by atoms with Crippen LogP contribution in [-0.4, -0.2) is 22.0 Å². The summed E-state index contributed by atoms with van der Waals surface area (Å²) in [4.78, 5) is 15.5. The Balaban J connectivity index is 1.83. The minimum absolute atomic E-state index is 0.152. The number of hydrogen-bond acceptors (Lipinski definition) is 3. The lowest BCUT2D eigenvalue weighted by Gasteiger charge is -2.04. The van der Waals surface area contributed by atoms with Crippen LogP contribution < -0.4 is 5.32 Å². The highest BCUT2D eigenvalue weighted by molar-refractivity contribution is 9.10. The lowest BCUT2D eigenvalue weighted by molar-refractivity contribution is 0.0950. The Morgan fingerprint density at radius 3 is 3.12 bits per heavy atom. The number of amides is 1. The van der Waals surface area contributed by atoms with E-state index in [4.69, 9.17) is 4.42 Å². The van der Waals surface area contributed by atoms with Gasteiger partial charge in [0.15, 0.2) is 4.67 Å². The molecule has 1 N–H and O–H groups in total. The summed E-state index contributed by atoms with van der Waals surface area (Å²) >= 11 is 3.15. The number of carbonyl (C=O) groups is 1. The van der Waals surface area contributed by atoms with Crippen molar-refractivity contribution in [2.75, 3.05) is 6.54 Å². The Hall–Kier alpha value is -1.56. The molecule has 2 aromatic rings. The Labute approximate surface area is 101 Å². The van der Waals surface area contributed by atoms with E-state index in [9.17, 15) is 4.79 Å². The second-order valence-corrected chi connectivity index (χ2v) is 3.88. The average molecular weight is 284 g/mol. The molecule has 0 spiro atoms. The Kier molecular flexibility index (Phi) is 3.40. The number of carbonyl (C=O) groups excluding carboxylic acids is 1. The van der Waals surface area contributed by atoms with Gasteiger partial charge in [-0.2, -0.15) is 0 Å². The standard InChI is InChI=1S/C10H10BrN3O2/c11-9-8(1-6-16-9)10(15)13-3-5-14-4-2-12-7-14/h1-2,4,6-7H,3,5H2,(H,13,15). The molecule has 0 saturated carbocycles. The van der Waals surface area contributed by atoms with Gasteiger partial charge in [0.25, 0.3) is 5.91 Å². The fourth-order valence-electron chi connectivity index (χ4n) is 1.27. The third-order valence-electron chi connectivity index (χ3n) is 2.08. The van der Waals surface area contributed by atoms with Crippen molar-refractivity contribution in [1.82, 2.24) is 14.9 Å². The number of halogens is 1. The molecule has 2 rings (SSSR count). The first kappa shape index (κ1) is 10.9. The van der Waals surface area contributed by atoms with E-state index in [1.807, 2.05) is 10.8 Å². The second-order valence-electron chi connectivity index (χ2n) is 3.16. The van der Waals surface area contributed by atoms with Gasteiger partial charge in [-0.05, 0) is 22.0 Å². The maximum absolute atomic E-state index is 11.6. The van der Waals surface area contributed by atoms with Crippen LogP contribution in [0.25, 0.3) is 0 Å². The molecule has 6 heteroatoms. The van der Waals surface area contributed by atoms with Crippen LogP contribution in [0.2, 0.25) is 0 Å². The van der Waals surface area contributed by atoms with Gasteiger partial charge in [0.05, 0.1) is 18.2 Å². The van der Waals surface area contributed by atoms with Gasteiger partial charge < -0.3 is 14.3 Å². The first-order chi connectivity index (χ1) is 7.77. The van der Waals surface area contributed by atoms with E-state index in [2.05, 4.69) is 26.2 Å². The molecular formula is C10H10BrN3O2. The van der Waals surface area contributed by atoms with Crippen LogP contribution in [0.15, 0.2) is 40.1 Å². The summed E-state index contributed by atoms with van der Waals surface area (Å²) in [5, 5.41) is 2.79. The number of hydrogen-bond donors (Lipinski definition) is 1. The number of rotatable bonds is 4. The number of nitrogens with zero attached hydrogens (tertiary/aromatic N) is 2. The third kappa shape index (κ3) is 2.52. The summed E-state index contributed by atoms with van der Waals surface area (Å²) in [6, 6.07) is 1.62. The molecule has 0 fully saturated rings. The Morgan fingerprint density at radius 1 is 1.62 bits per heavy atom. The van der Waals surface area contributed by atoms with E-state index in [0.29, 0.717) is 23.3 Å². The van der Waals surface area contributed by atoms with E-state index in [-0.39, 0.29) is 5.91 Å². The van der Waals surface area contributed by atoms with Crippen LogP contribution >= 0.6 is 15.9 Å². The molecule has 0 aliphatic heterocycles. The number of imidazole rings is 1. The van der Waals surface area contributed by atoms with Crippen molar-refractivity contribution in [3.63, 3.8) is 0 Å². The van der Waals surface area contributed by atoms with E-state index in [1.165, 1.54) is 6.26 Å². The minimum atomic E-state index is -0.152. The van der Waals surface area contributed by atoms with Gasteiger partial charge >= 0.3 is 0 Å². The zero-order valence-electron chi connectivity index (χ0n) is 8.39. The molecule has 16 heavy (non-hydrogen) atoms. The van der Waals surface area contributed by atoms with Crippen LogP contribution in [0.5, 0.6) is 0 Å². The van der Waals surface area contributed by atoms with Crippen molar-refractivity contribution in [2.24, 2.45) is 0 Å². The zero-order chi connectivity index (χ0) is 11.4. The smallest absolute Gasteiger partial charge is 0.255 e. The maximum atomic E-state index is 11.6. The van der Waals surface area contributed by atoms with Gasteiger partial charge in [-0.1, -0.05) is 0 Å². The first-order valence-electron chi connectivity index (χ1n) is 4.74. The maximum Gasteiger partial charge on any atom is 0.255 e. The minimum Gasteiger partial charge on any atom is -0.457 e. The van der Waals surface area contributed by atoms with Crippen LogP contribution in [0.3, 0.4) is 0 Å². The van der Waals surface area contributed by atoms with E-state index >= 15 is 0 Å². The highest BCUT2D eigenvalue weighted by Gasteiger charge is 2.11. The molecule has 0 aromatic carbocycles. The first-order valence-corrected chi connectivity index (χ1v) is 5.53. The number of furan rings is 1. The quantitative estimate of drug-likeness (QED) is 0.929. The van der Waals surface area contributed by atoms with Crippen LogP contribution in [0.4, 0.5) is 0 Å². The number of aromatic nitrogens is 2. The highest BCUT2D eigenvalue weighted by Crippen LogP contribution is 2.16. The molecule has 84 valence electrons. The van der Waals surface area contributed by atoms with E-state index in [1.54, 1.807) is 18.6 Å². The van der Waals surface area contributed by atoms with Gasteiger partial charge in [0.2, 0.25) is 0 Å². The summed E-state index contributed by atoms with van der Waals surface area (Å²) in [7, 11) is 0. The molecule has 0 saturated heterocycles. The Morgan fingerprint density at radius 2 is 2.50 bits per heavy atom. The van der Waals surface area contributed by atoms with Crippen molar-refractivity contribution in [3.8, 4) is 0 Å². The number of nitrogens with one attached hydrogen (secondary N) is 1.